The summed E-state index contributed by atoms with van der Waals surface area (Å²) in [5.41, 5.74) is 2.89. The molecule has 2 N–H and O–H groups in total. The van der Waals surface area contributed by atoms with Gasteiger partial charge in [0, 0.05) is 16.9 Å². The summed E-state index contributed by atoms with van der Waals surface area (Å²) in [5, 5.41) is 26.0. The van der Waals surface area contributed by atoms with Gasteiger partial charge in [-0.25, -0.2) is 9.78 Å². The van der Waals surface area contributed by atoms with Crippen LogP contribution in [0.15, 0.2) is 35.7 Å². The van der Waals surface area contributed by atoms with Crippen molar-refractivity contribution in [3.63, 3.8) is 0 Å². The fourth-order valence-corrected chi connectivity index (χ4v) is 4.49. The van der Waals surface area contributed by atoms with Gasteiger partial charge in [0.2, 0.25) is 5.82 Å². The first kappa shape index (κ1) is 20.2. The number of nitrogens with zero attached hydrogens (tertiary/aromatic N) is 5. The quantitative estimate of drug-likeness (QED) is 0.414. The maximum Gasteiger partial charge on any atom is 0.355 e. The molecule has 8 nitrogen and oxygen atoms in total. The SMILES string of the molecule is CCCCc1nc(Cl)c(C(=O)O)n1Cc1cc(-c2ccccc2-c2nn[nH]n2)cs1. The Morgan fingerprint density at radius 1 is 1.30 bits per heavy atom. The number of aromatic carboxylic acids is 1. The van der Waals surface area contributed by atoms with Gasteiger partial charge < -0.3 is 9.67 Å². The predicted molar refractivity (Wildman–Crippen MR) is 115 cm³/mol. The second kappa shape index (κ2) is 8.76. The number of thiophene rings is 1. The van der Waals surface area contributed by atoms with E-state index in [1.165, 1.54) is 0 Å². The fourth-order valence-electron chi connectivity index (χ4n) is 3.33. The highest BCUT2D eigenvalue weighted by atomic mass is 35.5. The second-order valence-electron chi connectivity index (χ2n) is 6.74. The van der Waals surface area contributed by atoms with Crippen LogP contribution in [0.1, 0.15) is 41.0 Å². The first-order valence-corrected chi connectivity index (χ1v) is 10.7. The first-order valence-electron chi connectivity index (χ1n) is 9.47. The number of imidazole rings is 1. The van der Waals surface area contributed by atoms with E-state index in [4.69, 9.17) is 11.6 Å². The largest absolute Gasteiger partial charge is 0.476 e. The number of rotatable bonds is 8. The van der Waals surface area contributed by atoms with Crippen molar-refractivity contribution in [3.05, 3.63) is 57.3 Å². The third-order valence-electron chi connectivity index (χ3n) is 4.75. The van der Waals surface area contributed by atoms with Gasteiger partial charge in [-0.3, -0.25) is 0 Å². The average molecular weight is 443 g/mol. The van der Waals surface area contributed by atoms with Crippen molar-refractivity contribution >= 4 is 28.9 Å². The number of aromatic nitrogens is 6. The molecule has 0 bridgehead atoms. The van der Waals surface area contributed by atoms with E-state index < -0.39 is 5.97 Å². The predicted octanol–water partition coefficient (Wildman–Crippen LogP) is 4.53. The second-order valence-corrected chi connectivity index (χ2v) is 8.10. The number of H-pyrrole nitrogens is 1. The minimum Gasteiger partial charge on any atom is -0.476 e. The van der Waals surface area contributed by atoms with E-state index in [9.17, 15) is 9.90 Å². The molecule has 0 aliphatic carbocycles. The number of unbranched alkanes of at least 4 members (excludes halogenated alkanes) is 1. The Morgan fingerprint density at radius 3 is 2.80 bits per heavy atom. The number of hydrogen-bond acceptors (Lipinski definition) is 6. The zero-order chi connectivity index (χ0) is 21.1. The van der Waals surface area contributed by atoms with Gasteiger partial charge in [-0.2, -0.15) is 5.21 Å². The summed E-state index contributed by atoms with van der Waals surface area (Å²) in [6.45, 7) is 2.48. The average Bonchev–Trinajstić information content (AvgIpc) is 3.47. The van der Waals surface area contributed by atoms with Gasteiger partial charge in [0.1, 0.15) is 5.82 Å². The summed E-state index contributed by atoms with van der Waals surface area (Å²) in [6.07, 6.45) is 2.59. The summed E-state index contributed by atoms with van der Waals surface area (Å²) in [4.78, 5) is 17.1. The summed E-state index contributed by atoms with van der Waals surface area (Å²) in [6, 6.07) is 9.87. The number of benzene rings is 1. The Labute approximate surface area is 181 Å². The number of aromatic amines is 1. The normalized spacial score (nSPS) is 11.1. The third kappa shape index (κ3) is 3.99. The fraction of sp³-hybridized carbons (Fsp3) is 0.250. The smallest absolute Gasteiger partial charge is 0.355 e. The molecule has 0 radical (unpaired) electrons. The van der Waals surface area contributed by atoms with Crippen molar-refractivity contribution < 1.29 is 9.90 Å². The van der Waals surface area contributed by atoms with Gasteiger partial charge in [-0.15, -0.1) is 21.5 Å². The third-order valence-corrected chi connectivity index (χ3v) is 5.94. The monoisotopic (exact) mass is 442 g/mol. The van der Waals surface area contributed by atoms with Gasteiger partial charge in [-0.1, -0.05) is 49.2 Å². The van der Waals surface area contributed by atoms with Crippen LogP contribution in [0.25, 0.3) is 22.5 Å². The molecule has 3 heterocycles. The minimum absolute atomic E-state index is 0.0323. The molecule has 0 atom stereocenters. The Balaban J connectivity index is 1.68. The molecule has 4 aromatic rings. The van der Waals surface area contributed by atoms with Crippen LogP contribution in [0.5, 0.6) is 0 Å². The zero-order valence-electron chi connectivity index (χ0n) is 16.2. The molecule has 10 heteroatoms. The Kier molecular flexibility index (Phi) is 5.91. The van der Waals surface area contributed by atoms with E-state index in [2.05, 4.69) is 32.5 Å². The van der Waals surface area contributed by atoms with Crippen molar-refractivity contribution in [1.29, 1.82) is 0 Å². The highest BCUT2D eigenvalue weighted by Gasteiger charge is 2.22. The summed E-state index contributed by atoms with van der Waals surface area (Å²) in [5.74, 6) is 0.144. The molecule has 0 unspecified atom stereocenters. The molecule has 0 saturated heterocycles. The van der Waals surface area contributed by atoms with E-state index in [-0.39, 0.29) is 10.8 Å². The van der Waals surface area contributed by atoms with E-state index in [1.807, 2.05) is 35.7 Å². The molecule has 0 aliphatic rings. The van der Waals surface area contributed by atoms with Crippen LogP contribution in [-0.4, -0.2) is 41.3 Å². The Hall–Kier alpha value is -3.04. The van der Waals surface area contributed by atoms with Crippen molar-refractivity contribution in [1.82, 2.24) is 30.2 Å². The molecule has 154 valence electrons. The van der Waals surface area contributed by atoms with Crippen LogP contribution < -0.4 is 0 Å². The van der Waals surface area contributed by atoms with Gasteiger partial charge in [0.25, 0.3) is 0 Å². The van der Waals surface area contributed by atoms with Crippen LogP contribution in [0.3, 0.4) is 0 Å². The molecule has 4 rings (SSSR count). The number of nitrogens with one attached hydrogen (secondary N) is 1. The molecule has 3 aromatic heterocycles. The number of halogens is 1. The lowest BCUT2D eigenvalue weighted by Gasteiger charge is -2.08. The number of aryl methyl sites for hydroxylation is 1. The highest BCUT2D eigenvalue weighted by Crippen LogP contribution is 2.33. The van der Waals surface area contributed by atoms with E-state index in [0.29, 0.717) is 24.6 Å². The van der Waals surface area contributed by atoms with Gasteiger partial charge in [-0.05, 0) is 34.2 Å². The van der Waals surface area contributed by atoms with Crippen LogP contribution in [0.4, 0.5) is 0 Å². The molecule has 0 fully saturated rings. The van der Waals surface area contributed by atoms with E-state index in [1.54, 1.807) is 15.9 Å². The minimum atomic E-state index is -1.07. The van der Waals surface area contributed by atoms with Gasteiger partial charge in [0.05, 0.1) is 6.54 Å². The van der Waals surface area contributed by atoms with E-state index >= 15 is 0 Å². The topological polar surface area (TPSA) is 110 Å². The molecule has 0 spiro atoms. The van der Waals surface area contributed by atoms with Crippen molar-refractivity contribution in [2.75, 3.05) is 0 Å². The van der Waals surface area contributed by atoms with Crippen molar-refractivity contribution in [2.45, 2.75) is 32.7 Å². The lowest BCUT2D eigenvalue weighted by molar-refractivity contribution is 0.0685. The Bertz CT molecular complexity index is 1170. The number of hydrogen-bond donors (Lipinski definition) is 2. The Morgan fingerprint density at radius 2 is 2.10 bits per heavy atom. The molecule has 30 heavy (non-hydrogen) atoms. The maximum atomic E-state index is 11.8. The van der Waals surface area contributed by atoms with Crippen LogP contribution in [0.2, 0.25) is 5.15 Å². The molecular formula is C20H19ClN6O2S. The number of tetrazole rings is 1. The number of carbonyl (C=O) groups is 1. The molecular weight excluding hydrogens is 424 g/mol. The molecule has 0 aliphatic heterocycles. The van der Waals surface area contributed by atoms with Gasteiger partial charge in [0.15, 0.2) is 10.8 Å². The summed E-state index contributed by atoms with van der Waals surface area (Å²) in [7, 11) is 0. The molecule has 0 saturated carbocycles. The molecule has 1 aromatic carbocycles. The lowest BCUT2D eigenvalue weighted by Crippen LogP contribution is -2.12. The summed E-state index contributed by atoms with van der Waals surface area (Å²) < 4.78 is 1.71. The van der Waals surface area contributed by atoms with Crippen LogP contribution >= 0.6 is 22.9 Å². The lowest BCUT2D eigenvalue weighted by atomic mass is 10.0. The van der Waals surface area contributed by atoms with E-state index in [0.717, 1.165) is 34.4 Å². The number of carboxylic acid groups (broad SMARTS) is 1. The first-order chi connectivity index (χ1) is 14.6. The number of carboxylic acids is 1. The summed E-state index contributed by atoms with van der Waals surface area (Å²) >= 11 is 7.70. The molecule has 0 amide bonds. The maximum absolute atomic E-state index is 11.8. The van der Waals surface area contributed by atoms with Crippen molar-refractivity contribution in [2.24, 2.45) is 0 Å². The van der Waals surface area contributed by atoms with Crippen molar-refractivity contribution in [3.8, 4) is 22.5 Å². The zero-order valence-corrected chi connectivity index (χ0v) is 17.7. The van der Waals surface area contributed by atoms with Gasteiger partial charge >= 0.3 is 5.97 Å². The van der Waals surface area contributed by atoms with Crippen LogP contribution in [0, 0.1) is 0 Å². The highest BCUT2D eigenvalue weighted by molar-refractivity contribution is 7.10. The standard InChI is InChI=1S/C20H19ClN6O2S/c1-2-3-8-16-22-18(21)17(20(28)29)27(16)10-13-9-12(11-30-13)14-6-4-5-7-15(14)19-23-25-26-24-19/h4-7,9,11H,2-3,8,10H2,1H3,(H,28,29)(H,23,24,25,26). The van der Waals surface area contributed by atoms with Crippen LogP contribution in [-0.2, 0) is 13.0 Å².